The van der Waals surface area contributed by atoms with Crippen molar-refractivity contribution >= 4 is 17.9 Å². The minimum absolute atomic E-state index is 0.0653. The van der Waals surface area contributed by atoms with Gasteiger partial charge >= 0.3 is 17.9 Å². The van der Waals surface area contributed by atoms with Gasteiger partial charge in [-0.25, -0.2) is 0 Å². The second-order valence-corrected chi connectivity index (χ2v) is 15.1. The fraction of sp³-hybridized carbons (Fsp3) is 0.930. The maximum Gasteiger partial charge on any atom is 0.306 e. The Labute approximate surface area is 304 Å². The van der Waals surface area contributed by atoms with E-state index in [1.807, 2.05) is 0 Å². The monoisotopic (exact) mass is 695 g/mol. The van der Waals surface area contributed by atoms with E-state index in [4.69, 9.17) is 14.2 Å². The van der Waals surface area contributed by atoms with Gasteiger partial charge in [0.25, 0.3) is 0 Å². The smallest absolute Gasteiger partial charge is 0.306 e. The summed E-state index contributed by atoms with van der Waals surface area (Å²) in [6, 6.07) is 0. The molecule has 0 aliphatic rings. The van der Waals surface area contributed by atoms with E-state index >= 15 is 0 Å². The summed E-state index contributed by atoms with van der Waals surface area (Å²) in [5.74, 6) is -0.106. The van der Waals surface area contributed by atoms with Crippen LogP contribution in [0.5, 0.6) is 0 Å². The van der Waals surface area contributed by atoms with E-state index in [0.29, 0.717) is 19.3 Å². The molecule has 0 saturated heterocycles. The van der Waals surface area contributed by atoms with E-state index in [1.165, 1.54) is 128 Å². The minimum Gasteiger partial charge on any atom is -0.462 e. The summed E-state index contributed by atoms with van der Waals surface area (Å²) in [6.07, 6.45) is 35.3. The third-order valence-electron chi connectivity index (χ3n) is 9.54. The predicted octanol–water partition coefficient (Wildman–Crippen LogP) is 13.2. The molecule has 0 aromatic heterocycles. The molecule has 6 nitrogen and oxygen atoms in total. The molecular formula is C43H82O6. The van der Waals surface area contributed by atoms with E-state index in [1.54, 1.807) is 0 Å². The van der Waals surface area contributed by atoms with E-state index < -0.39 is 6.10 Å². The summed E-state index contributed by atoms with van der Waals surface area (Å²) in [7, 11) is 0. The van der Waals surface area contributed by atoms with Crippen molar-refractivity contribution in [2.75, 3.05) is 13.2 Å². The molecule has 0 aliphatic carbocycles. The number of rotatable bonds is 38. The Kier molecular flexibility index (Phi) is 36.4. The average molecular weight is 695 g/mol. The van der Waals surface area contributed by atoms with Gasteiger partial charge in [-0.3, -0.25) is 14.4 Å². The highest BCUT2D eigenvalue weighted by atomic mass is 16.6. The van der Waals surface area contributed by atoms with Crippen LogP contribution in [-0.2, 0) is 28.6 Å². The number of unbranched alkanes of at least 4 members (excludes halogenated alkanes) is 25. The third-order valence-corrected chi connectivity index (χ3v) is 9.54. The molecule has 0 rings (SSSR count). The quantitative estimate of drug-likeness (QED) is 0.0364. The van der Waals surface area contributed by atoms with Crippen LogP contribution >= 0.6 is 0 Å². The second-order valence-electron chi connectivity index (χ2n) is 15.1. The Bertz CT molecular complexity index is 736. The van der Waals surface area contributed by atoms with Crippen molar-refractivity contribution in [2.45, 2.75) is 239 Å². The molecule has 0 aromatic carbocycles. The van der Waals surface area contributed by atoms with Gasteiger partial charge in [0.05, 0.1) is 0 Å². The molecular weight excluding hydrogens is 612 g/mol. The van der Waals surface area contributed by atoms with Crippen LogP contribution in [0.3, 0.4) is 0 Å². The van der Waals surface area contributed by atoms with E-state index in [0.717, 1.165) is 63.7 Å². The van der Waals surface area contributed by atoms with Gasteiger partial charge in [-0.15, -0.1) is 0 Å². The van der Waals surface area contributed by atoms with Gasteiger partial charge in [0.1, 0.15) is 13.2 Å². The standard InChI is InChI=1S/C43H82O6/c1-5-7-9-11-13-15-16-17-18-20-22-27-31-35-42(45)48-38-40(49-43(46)36-32-28-24-23-25-29-33-39(3)4)37-47-41(44)34-30-26-21-19-14-12-10-8-6-2/h39-40H,5-38H2,1-4H3/t40-/m1/s1. The Hall–Kier alpha value is -1.59. The molecule has 0 amide bonds. The normalized spacial score (nSPS) is 11.9. The Morgan fingerprint density at radius 3 is 1.00 bits per heavy atom. The fourth-order valence-corrected chi connectivity index (χ4v) is 6.27. The van der Waals surface area contributed by atoms with Crippen LogP contribution < -0.4 is 0 Å². The van der Waals surface area contributed by atoms with Crippen molar-refractivity contribution in [2.24, 2.45) is 5.92 Å². The molecule has 290 valence electrons. The van der Waals surface area contributed by atoms with E-state index in [2.05, 4.69) is 27.7 Å². The van der Waals surface area contributed by atoms with Crippen LogP contribution in [0.1, 0.15) is 233 Å². The fourth-order valence-electron chi connectivity index (χ4n) is 6.27. The van der Waals surface area contributed by atoms with Gasteiger partial charge < -0.3 is 14.2 Å². The van der Waals surface area contributed by atoms with Crippen molar-refractivity contribution in [3.63, 3.8) is 0 Å². The lowest BCUT2D eigenvalue weighted by molar-refractivity contribution is -0.167. The molecule has 0 unspecified atom stereocenters. The number of carbonyl (C=O) groups excluding carboxylic acids is 3. The van der Waals surface area contributed by atoms with Crippen molar-refractivity contribution in [3.05, 3.63) is 0 Å². The maximum atomic E-state index is 12.6. The zero-order chi connectivity index (χ0) is 36.0. The Morgan fingerprint density at radius 2 is 0.673 bits per heavy atom. The SMILES string of the molecule is CCCCCCCCCCCCCCCC(=O)OC[C@@H](COC(=O)CCCCCCCCCCC)OC(=O)CCCCCCCCC(C)C. The molecule has 0 spiro atoms. The van der Waals surface area contributed by atoms with Crippen molar-refractivity contribution in [1.82, 2.24) is 0 Å². The average Bonchev–Trinajstić information content (AvgIpc) is 3.08. The van der Waals surface area contributed by atoms with Gasteiger partial charge in [0, 0.05) is 19.3 Å². The molecule has 0 saturated carbocycles. The minimum atomic E-state index is -0.758. The highest BCUT2D eigenvalue weighted by Gasteiger charge is 2.19. The topological polar surface area (TPSA) is 78.9 Å². The van der Waals surface area contributed by atoms with E-state index in [9.17, 15) is 14.4 Å². The summed E-state index contributed by atoms with van der Waals surface area (Å²) < 4.78 is 16.6. The number of hydrogen-bond acceptors (Lipinski definition) is 6. The largest absolute Gasteiger partial charge is 0.462 e. The molecule has 0 aliphatic heterocycles. The molecule has 0 radical (unpaired) electrons. The summed E-state index contributed by atoms with van der Waals surface area (Å²) in [5.41, 5.74) is 0. The molecule has 6 heteroatoms. The van der Waals surface area contributed by atoms with Gasteiger partial charge in [0.2, 0.25) is 0 Å². The summed E-state index contributed by atoms with van der Waals surface area (Å²) >= 11 is 0. The lowest BCUT2D eigenvalue weighted by Gasteiger charge is -2.18. The van der Waals surface area contributed by atoms with Crippen molar-refractivity contribution in [3.8, 4) is 0 Å². The van der Waals surface area contributed by atoms with Gasteiger partial charge in [-0.1, -0.05) is 195 Å². The first kappa shape index (κ1) is 47.4. The summed E-state index contributed by atoms with van der Waals surface area (Å²) in [5, 5.41) is 0. The van der Waals surface area contributed by atoms with Crippen LogP contribution in [-0.4, -0.2) is 37.2 Å². The van der Waals surface area contributed by atoms with Crippen LogP contribution in [0.4, 0.5) is 0 Å². The summed E-state index contributed by atoms with van der Waals surface area (Å²) in [6.45, 7) is 8.89. The van der Waals surface area contributed by atoms with Crippen LogP contribution in [0, 0.1) is 5.92 Å². The van der Waals surface area contributed by atoms with Gasteiger partial charge in [-0.05, 0) is 25.2 Å². The number of esters is 3. The molecule has 0 bridgehead atoms. The van der Waals surface area contributed by atoms with Gasteiger partial charge in [0.15, 0.2) is 6.10 Å². The second kappa shape index (κ2) is 37.7. The van der Waals surface area contributed by atoms with E-state index in [-0.39, 0.29) is 31.1 Å². The lowest BCUT2D eigenvalue weighted by atomic mass is 10.0. The number of carbonyl (C=O) groups is 3. The zero-order valence-electron chi connectivity index (χ0n) is 33.1. The Balaban J connectivity index is 4.30. The first-order chi connectivity index (χ1) is 23.9. The zero-order valence-corrected chi connectivity index (χ0v) is 33.1. The maximum absolute atomic E-state index is 12.6. The molecule has 0 heterocycles. The van der Waals surface area contributed by atoms with Crippen molar-refractivity contribution < 1.29 is 28.6 Å². The molecule has 1 atom stereocenters. The first-order valence-electron chi connectivity index (χ1n) is 21.4. The number of hydrogen-bond donors (Lipinski definition) is 0. The number of ether oxygens (including phenoxy) is 3. The van der Waals surface area contributed by atoms with Crippen molar-refractivity contribution in [1.29, 1.82) is 0 Å². The summed E-state index contributed by atoms with van der Waals surface area (Å²) in [4.78, 5) is 37.5. The van der Waals surface area contributed by atoms with Crippen LogP contribution in [0.25, 0.3) is 0 Å². The molecule has 0 aromatic rings. The lowest BCUT2D eigenvalue weighted by Crippen LogP contribution is -2.30. The highest BCUT2D eigenvalue weighted by Crippen LogP contribution is 2.15. The van der Waals surface area contributed by atoms with Crippen LogP contribution in [0.2, 0.25) is 0 Å². The third kappa shape index (κ3) is 37.5. The highest BCUT2D eigenvalue weighted by molar-refractivity contribution is 5.71. The molecule has 0 N–H and O–H groups in total. The van der Waals surface area contributed by atoms with Crippen LogP contribution in [0.15, 0.2) is 0 Å². The predicted molar refractivity (Wildman–Crippen MR) is 206 cm³/mol. The molecule has 0 fully saturated rings. The first-order valence-corrected chi connectivity index (χ1v) is 21.4. The Morgan fingerprint density at radius 1 is 0.388 bits per heavy atom. The molecule has 49 heavy (non-hydrogen) atoms. The van der Waals surface area contributed by atoms with Gasteiger partial charge in [-0.2, -0.15) is 0 Å².